The lowest BCUT2D eigenvalue weighted by molar-refractivity contribution is -0.135. The van der Waals surface area contributed by atoms with E-state index in [0.29, 0.717) is 5.69 Å². The normalized spacial score (nSPS) is 21.2. The zero-order valence-corrected chi connectivity index (χ0v) is 15.8. The highest BCUT2D eigenvalue weighted by Crippen LogP contribution is 2.46. The van der Waals surface area contributed by atoms with E-state index >= 15 is 0 Å². The number of aromatic amines is 1. The van der Waals surface area contributed by atoms with Gasteiger partial charge < -0.3 is 19.5 Å². The van der Waals surface area contributed by atoms with Crippen molar-refractivity contribution in [3.8, 4) is 0 Å². The van der Waals surface area contributed by atoms with Gasteiger partial charge in [-0.3, -0.25) is 9.59 Å². The lowest BCUT2D eigenvalue weighted by Gasteiger charge is -2.47. The summed E-state index contributed by atoms with van der Waals surface area (Å²) in [6, 6.07) is 9.84. The van der Waals surface area contributed by atoms with E-state index in [1.165, 1.54) is 0 Å². The van der Waals surface area contributed by atoms with Crippen LogP contribution < -0.4 is 0 Å². The highest BCUT2D eigenvalue weighted by atomic mass is 32.2. The molecule has 1 atom stereocenters. The van der Waals surface area contributed by atoms with Crippen LogP contribution in [0.25, 0.3) is 10.9 Å². The van der Waals surface area contributed by atoms with Gasteiger partial charge in [0.2, 0.25) is 5.91 Å². The van der Waals surface area contributed by atoms with Gasteiger partial charge in [-0.2, -0.15) is 0 Å². The van der Waals surface area contributed by atoms with Gasteiger partial charge in [-0.05, 0) is 18.6 Å². The smallest absolute Gasteiger partial charge is 0.270 e. The molecule has 0 radical (unpaired) electrons. The Morgan fingerprint density at radius 3 is 2.85 bits per heavy atom. The van der Waals surface area contributed by atoms with E-state index in [1.54, 1.807) is 19.0 Å². The Morgan fingerprint density at radius 2 is 2.12 bits per heavy atom. The number of carbonyl (C=O) groups excluding carboxylic acids is 2. The first kappa shape index (κ1) is 17.4. The summed E-state index contributed by atoms with van der Waals surface area (Å²) in [5.41, 5.74) is 1.63. The third kappa shape index (κ3) is 3.21. The van der Waals surface area contributed by atoms with Crippen molar-refractivity contribution >= 4 is 34.5 Å². The van der Waals surface area contributed by atoms with E-state index in [4.69, 9.17) is 4.74 Å². The number of ether oxygens (including phenoxy) is 1. The molecule has 0 unspecified atom stereocenters. The number of nitrogens with one attached hydrogen (secondary N) is 1. The van der Waals surface area contributed by atoms with Crippen LogP contribution in [0.1, 0.15) is 16.9 Å². The fraction of sp³-hybridized carbons (Fsp3) is 0.474. The molecule has 4 rings (SSSR count). The highest BCUT2D eigenvalue weighted by molar-refractivity contribution is 8.01. The molecule has 2 saturated heterocycles. The number of rotatable bonds is 4. The SMILES string of the molecule is CN(C)C(=O)CO[C@H]1CSC2(C1)CN(C(=O)c1cc3ccccc3[nH]1)C2. The van der Waals surface area contributed by atoms with E-state index in [1.807, 2.05) is 47.0 Å². The molecule has 0 aliphatic carbocycles. The molecule has 26 heavy (non-hydrogen) atoms. The molecule has 2 amide bonds. The number of hydrogen-bond acceptors (Lipinski definition) is 4. The molecule has 7 heteroatoms. The van der Waals surface area contributed by atoms with Crippen LogP contribution in [0.3, 0.4) is 0 Å². The molecule has 2 aliphatic rings. The number of benzene rings is 1. The van der Waals surface area contributed by atoms with Crippen molar-refractivity contribution < 1.29 is 14.3 Å². The molecule has 0 bridgehead atoms. The first-order valence-electron chi connectivity index (χ1n) is 8.78. The van der Waals surface area contributed by atoms with Crippen LogP contribution in [0.5, 0.6) is 0 Å². The molecule has 1 aromatic carbocycles. The standard InChI is InChI=1S/C19H23N3O3S/c1-21(2)17(23)9-25-14-8-19(26-10-14)11-22(12-19)18(24)16-7-13-5-3-4-6-15(13)20-16/h3-7,14,20H,8-12H2,1-2H3/t14-/m1/s1. The Hall–Kier alpha value is -1.99. The fourth-order valence-electron chi connectivity index (χ4n) is 3.60. The summed E-state index contributed by atoms with van der Waals surface area (Å²) in [5, 5.41) is 1.06. The van der Waals surface area contributed by atoms with Gasteiger partial charge in [-0.1, -0.05) is 18.2 Å². The Labute approximate surface area is 156 Å². The first-order valence-corrected chi connectivity index (χ1v) is 9.77. The summed E-state index contributed by atoms with van der Waals surface area (Å²) in [7, 11) is 3.46. The number of fused-ring (bicyclic) bond motifs is 1. The molecule has 138 valence electrons. The van der Waals surface area contributed by atoms with Crippen molar-refractivity contribution in [2.75, 3.05) is 39.5 Å². The van der Waals surface area contributed by atoms with Crippen molar-refractivity contribution in [2.24, 2.45) is 0 Å². The molecule has 3 heterocycles. The fourth-order valence-corrected chi connectivity index (χ4v) is 5.15. The molecular weight excluding hydrogens is 350 g/mol. The molecule has 2 aliphatic heterocycles. The van der Waals surface area contributed by atoms with E-state index in [2.05, 4.69) is 4.98 Å². The summed E-state index contributed by atoms with van der Waals surface area (Å²) in [4.78, 5) is 31.0. The Bertz CT molecular complexity index is 808. The van der Waals surface area contributed by atoms with Crippen LogP contribution in [0.15, 0.2) is 30.3 Å². The first-order chi connectivity index (χ1) is 12.5. The number of aromatic nitrogens is 1. The number of thioether (sulfide) groups is 1. The zero-order valence-electron chi connectivity index (χ0n) is 15.0. The summed E-state index contributed by atoms with van der Waals surface area (Å²) < 4.78 is 5.85. The van der Waals surface area contributed by atoms with Crippen LogP contribution in [0.2, 0.25) is 0 Å². The number of nitrogens with zero attached hydrogens (tertiary/aromatic N) is 2. The summed E-state index contributed by atoms with van der Waals surface area (Å²) in [6.45, 7) is 1.62. The monoisotopic (exact) mass is 373 g/mol. The zero-order chi connectivity index (χ0) is 18.3. The minimum absolute atomic E-state index is 0.0137. The number of likely N-dealkylation sites (tertiary alicyclic amines) is 1. The average Bonchev–Trinajstić information content (AvgIpc) is 3.21. The van der Waals surface area contributed by atoms with E-state index in [-0.39, 0.29) is 29.3 Å². The maximum absolute atomic E-state index is 12.7. The molecule has 0 saturated carbocycles. The predicted octanol–water partition coefficient (Wildman–Crippen LogP) is 1.97. The van der Waals surface area contributed by atoms with Crippen molar-refractivity contribution in [1.29, 1.82) is 0 Å². The predicted molar refractivity (Wildman–Crippen MR) is 102 cm³/mol. The second-order valence-corrected chi connectivity index (χ2v) is 8.84. The summed E-state index contributed by atoms with van der Waals surface area (Å²) >= 11 is 1.87. The molecule has 1 spiro atoms. The molecule has 1 aromatic heterocycles. The quantitative estimate of drug-likeness (QED) is 0.890. The van der Waals surface area contributed by atoms with Crippen LogP contribution >= 0.6 is 11.8 Å². The second kappa shape index (κ2) is 6.63. The maximum Gasteiger partial charge on any atom is 0.270 e. The van der Waals surface area contributed by atoms with Crippen LogP contribution in [0.4, 0.5) is 0 Å². The Kier molecular flexibility index (Phi) is 4.44. The molecule has 2 aromatic rings. The lowest BCUT2D eigenvalue weighted by Crippen LogP contribution is -2.60. The molecule has 1 N–H and O–H groups in total. The number of likely N-dealkylation sites (N-methyl/N-ethyl adjacent to an activating group) is 1. The average molecular weight is 373 g/mol. The number of amides is 2. The largest absolute Gasteiger partial charge is 0.367 e. The third-order valence-electron chi connectivity index (χ3n) is 5.12. The van der Waals surface area contributed by atoms with Crippen LogP contribution in [0, 0.1) is 0 Å². The Morgan fingerprint density at radius 1 is 1.35 bits per heavy atom. The van der Waals surface area contributed by atoms with Gasteiger partial charge in [0.15, 0.2) is 0 Å². The molecule has 2 fully saturated rings. The summed E-state index contributed by atoms with van der Waals surface area (Å²) in [5.74, 6) is 0.925. The molecular formula is C19H23N3O3S. The van der Waals surface area contributed by atoms with E-state index in [9.17, 15) is 9.59 Å². The second-order valence-electron chi connectivity index (χ2n) is 7.35. The minimum Gasteiger partial charge on any atom is -0.367 e. The van der Waals surface area contributed by atoms with Crippen LogP contribution in [-0.4, -0.2) is 77.0 Å². The van der Waals surface area contributed by atoms with Gasteiger partial charge in [0.25, 0.3) is 5.91 Å². The number of para-hydroxylation sites is 1. The topological polar surface area (TPSA) is 65.6 Å². The minimum atomic E-state index is -0.0137. The van der Waals surface area contributed by atoms with Crippen molar-refractivity contribution in [1.82, 2.24) is 14.8 Å². The number of hydrogen-bond donors (Lipinski definition) is 1. The van der Waals surface area contributed by atoms with Gasteiger partial charge >= 0.3 is 0 Å². The third-order valence-corrected chi connectivity index (χ3v) is 6.70. The van der Waals surface area contributed by atoms with Crippen LogP contribution in [-0.2, 0) is 9.53 Å². The lowest BCUT2D eigenvalue weighted by atomic mass is 9.92. The summed E-state index contributed by atoms with van der Waals surface area (Å²) in [6.07, 6.45) is 0.990. The van der Waals surface area contributed by atoms with Crippen molar-refractivity contribution in [3.63, 3.8) is 0 Å². The van der Waals surface area contributed by atoms with Gasteiger partial charge in [0.1, 0.15) is 12.3 Å². The van der Waals surface area contributed by atoms with Crippen molar-refractivity contribution in [3.05, 3.63) is 36.0 Å². The highest BCUT2D eigenvalue weighted by Gasteiger charge is 2.51. The van der Waals surface area contributed by atoms with Gasteiger partial charge in [0, 0.05) is 43.8 Å². The van der Waals surface area contributed by atoms with E-state index < -0.39 is 0 Å². The van der Waals surface area contributed by atoms with Crippen molar-refractivity contribution in [2.45, 2.75) is 17.3 Å². The van der Waals surface area contributed by atoms with Gasteiger partial charge in [-0.15, -0.1) is 11.8 Å². The van der Waals surface area contributed by atoms with E-state index in [0.717, 1.165) is 36.2 Å². The van der Waals surface area contributed by atoms with Gasteiger partial charge in [-0.25, -0.2) is 0 Å². The van der Waals surface area contributed by atoms with Gasteiger partial charge in [0.05, 0.1) is 10.9 Å². The maximum atomic E-state index is 12.7. The number of H-pyrrole nitrogens is 1. The number of carbonyl (C=O) groups is 2. The molecule has 6 nitrogen and oxygen atoms in total. The Balaban J connectivity index is 1.32.